The summed E-state index contributed by atoms with van der Waals surface area (Å²) >= 11 is 5.85. The third-order valence-electron chi connectivity index (χ3n) is 2.20. The molecule has 1 amide bonds. The maximum absolute atomic E-state index is 11.7. The Hall–Kier alpha value is -1.55. The fourth-order valence-corrected chi connectivity index (χ4v) is 1.47. The lowest BCUT2D eigenvalue weighted by atomic mass is 10.2. The predicted octanol–water partition coefficient (Wildman–Crippen LogP) is 2.93. The maximum atomic E-state index is 11.7. The van der Waals surface area contributed by atoms with Crippen LogP contribution < -0.4 is 10.2 Å². The van der Waals surface area contributed by atoms with Gasteiger partial charge in [0.05, 0.1) is 0 Å². The zero-order valence-electron chi connectivity index (χ0n) is 11.0. The van der Waals surface area contributed by atoms with Crippen molar-refractivity contribution in [1.82, 2.24) is 5.43 Å². The van der Waals surface area contributed by atoms with Gasteiger partial charge in [-0.3, -0.25) is 4.79 Å². The summed E-state index contributed by atoms with van der Waals surface area (Å²) in [7, 11) is 0. The number of carbonyl (C=O) groups is 1. The molecule has 0 bridgehead atoms. The monoisotopic (exact) mass is 268 g/mol. The molecule has 5 heteroatoms. The van der Waals surface area contributed by atoms with Gasteiger partial charge in [0.15, 0.2) is 6.10 Å². The number of aryl methyl sites for hydroxylation is 1. The topological polar surface area (TPSA) is 50.7 Å². The second-order valence-corrected chi connectivity index (χ2v) is 4.64. The van der Waals surface area contributed by atoms with Crippen LogP contribution in [0.15, 0.2) is 23.3 Å². The van der Waals surface area contributed by atoms with Crippen LogP contribution in [0.1, 0.15) is 26.3 Å². The number of amides is 1. The number of hydrogen-bond donors (Lipinski definition) is 1. The van der Waals surface area contributed by atoms with Crippen molar-refractivity contribution < 1.29 is 9.53 Å². The largest absolute Gasteiger partial charge is 0.481 e. The number of halogens is 1. The SMILES string of the molecule is CC(C)=NNC(=O)[C@H](C)Oc1ccc(Cl)cc1C. The van der Waals surface area contributed by atoms with E-state index in [4.69, 9.17) is 16.3 Å². The smallest absolute Gasteiger partial charge is 0.280 e. The van der Waals surface area contributed by atoms with Crippen LogP contribution in [-0.4, -0.2) is 17.7 Å². The Bertz CT molecular complexity index is 468. The fourth-order valence-electron chi connectivity index (χ4n) is 1.25. The van der Waals surface area contributed by atoms with Crippen molar-refractivity contribution in [3.05, 3.63) is 28.8 Å². The molecule has 4 nitrogen and oxygen atoms in total. The van der Waals surface area contributed by atoms with E-state index >= 15 is 0 Å². The lowest BCUT2D eigenvalue weighted by molar-refractivity contribution is -0.127. The summed E-state index contributed by atoms with van der Waals surface area (Å²) < 4.78 is 5.55. The Morgan fingerprint density at radius 2 is 2.11 bits per heavy atom. The van der Waals surface area contributed by atoms with E-state index in [0.717, 1.165) is 11.3 Å². The van der Waals surface area contributed by atoms with Crippen molar-refractivity contribution in [2.75, 3.05) is 0 Å². The molecule has 0 aliphatic rings. The lowest BCUT2D eigenvalue weighted by Crippen LogP contribution is -2.33. The molecule has 0 saturated heterocycles. The van der Waals surface area contributed by atoms with E-state index in [2.05, 4.69) is 10.5 Å². The summed E-state index contributed by atoms with van der Waals surface area (Å²) in [5.41, 5.74) is 4.09. The predicted molar refractivity (Wildman–Crippen MR) is 73.2 cm³/mol. The molecule has 0 heterocycles. The van der Waals surface area contributed by atoms with Crippen molar-refractivity contribution >= 4 is 23.2 Å². The van der Waals surface area contributed by atoms with Gasteiger partial charge in [0.1, 0.15) is 5.75 Å². The third kappa shape index (κ3) is 4.37. The van der Waals surface area contributed by atoms with Crippen molar-refractivity contribution in [2.45, 2.75) is 33.8 Å². The molecule has 0 radical (unpaired) electrons. The van der Waals surface area contributed by atoms with Gasteiger partial charge < -0.3 is 4.74 Å². The van der Waals surface area contributed by atoms with E-state index in [1.54, 1.807) is 39.0 Å². The number of nitrogens with zero attached hydrogens (tertiary/aromatic N) is 1. The second kappa shape index (κ2) is 6.40. The number of rotatable bonds is 4. The first-order valence-electron chi connectivity index (χ1n) is 5.63. The van der Waals surface area contributed by atoms with Gasteiger partial charge in [-0.25, -0.2) is 5.43 Å². The number of nitrogens with one attached hydrogen (secondary N) is 1. The second-order valence-electron chi connectivity index (χ2n) is 4.20. The van der Waals surface area contributed by atoms with E-state index in [1.807, 2.05) is 6.92 Å². The first-order chi connectivity index (χ1) is 8.40. The van der Waals surface area contributed by atoms with Crippen molar-refractivity contribution in [1.29, 1.82) is 0 Å². The molecule has 0 aromatic heterocycles. The fraction of sp³-hybridized carbons (Fsp3) is 0.385. The Morgan fingerprint density at radius 1 is 1.44 bits per heavy atom. The first kappa shape index (κ1) is 14.5. The quantitative estimate of drug-likeness (QED) is 0.674. The average molecular weight is 269 g/mol. The highest BCUT2D eigenvalue weighted by Gasteiger charge is 2.15. The maximum Gasteiger partial charge on any atom is 0.280 e. The van der Waals surface area contributed by atoms with Crippen LogP contribution in [-0.2, 0) is 4.79 Å². The minimum Gasteiger partial charge on any atom is -0.481 e. The number of ether oxygens (including phenoxy) is 1. The van der Waals surface area contributed by atoms with Gasteiger partial charge in [-0.2, -0.15) is 5.10 Å². The highest BCUT2D eigenvalue weighted by molar-refractivity contribution is 6.30. The Labute approximate surface area is 112 Å². The summed E-state index contributed by atoms with van der Waals surface area (Å²) in [5, 5.41) is 4.48. The van der Waals surface area contributed by atoms with Gasteiger partial charge in [-0.05, 0) is 51.5 Å². The average Bonchev–Trinajstić information content (AvgIpc) is 2.29. The number of benzene rings is 1. The zero-order valence-corrected chi connectivity index (χ0v) is 11.7. The van der Waals surface area contributed by atoms with Gasteiger partial charge in [0.25, 0.3) is 5.91 Å². The van der Waals surface area contributed by atoms with E-state index in [-0.39, 0.29) is 5.91 Å². The molecule has 98 valence electrons. The minimum atomic E-state index is -0.618. The normalized spacial score (nSPS) is 11.6. The van der Waals surface area contributed by atoms with Crippen LogP contribution >= 0.6 is 11.6 Å². The molecule has 1 atom stereocenters. The van der Waals surface area contributed by atoms with Gasteiger partial charge in [-0.15, -0.1) is 0 Å². The molecule has 1 N–H and O–H groups in total. The van der Waals surface area contributed by atoms with Crippen LogP contribution in [0.2, 0.25) is 5.02 Å². The molecular formula is C13H17ClN2O2. The van der Waals surface area contributed by atoms with Crippen molar-refractivity contribution in [3.8, 4) is 5.75 Å². The number of hydrazone groups is 1. The van der Waals surface area contributed by atoms with Crippen molar-refractivity contribution in [2.24, 2.45) is 5.10 Å². The molecule has 0 saturated carbocycles. The Balaban J connectivity index is 2.66. The first-order valence-corrected chi connectivity index (χ1v) is 6.01. The van der Waals surface area contributed by atoms with E-state index in [1.165, 1.54) is 0 Å². The van der Waals surface area contributed by atoms with Crippen LogP contribution in [0.4, 0.5) is 0 Å². The van der Waals surface area contributed by atoms with Gasteiger partial charge in [0, 0.05) is 10.7 Å². The Morgan fingerprint density at radius 3 is 2.67 bits per heavy atom. The summed E-state index contributed by atoms with van der Waals surface area (Å²) in [4.78, 5) is 11.7. The molecule has 1 aromatic rings. The van der Waals surface area contributed by atoms with Crippen LogP contribution in [0.5, 0.6) is 5.75 Å². The molecule has 0 fully saturated rings. The molecular weight excluding hydrogens is 252 g/mol. The van der Waals surface area contributed by atoms with Gasteiger partial charge in [0.2, 0.25) is 0 Å². The molecule has 1 aromatic carbocycles. The molecule has 0 unspecified atom stereocenters. The van der Waals surface area contributed by atoms with Crippen molar-refractivity contribution in [3.63, 3.8) is 0 Å². The molecule has 0 spiro atoms. The number of hydrogen-bond acceptors (Lipinski definition) is 3. The van der Waals surface area contributed by atoms with Crippen LogP contribution in [0, 0.1) is 6.92 Å². The molecule has 18 heavy (non-hydrogen) atoms. The lowest BCUT2D eigenvalue weighted by Gasteiger charge is -2.15. The van der Waals surface area contributed by atoms with Gasteiger partial charge in [-0.1, -0.05) is 11.6 Å². The minimum absolute atomic E-state index is 0.287. The summed E-state index contributed by atoms with van der Waals surface area (Å²) in [6.07, 6.45) is -0.618. The van der Waals surface area contributed by atoms with E-state index in [9.17, 15) is 4.79 Å². The molecule has 1 rings (SSSR count). The van der Waals surface area contributed by atoms with Gasteiger partial charge >= 0.3 is 0 Å². The van der Waals surface area contributed by atoms with E-state index < -0.39 is 6.10 Å². The number of carbonyl (C=O) groups excluding carboxylic acids is 1. The summed E-state index contributed by atoms with van der Waals surface area (Å²) in [6.45, 7) is 7.15. The zero-order chi connectivity index (χ0) is 13.7. The highest BCUT2D eigenvalue weighted by Crippen LogP contribution is 2.22. The molecule has 0 aliphatic carbocycles. The van der Waals surface area contributed by atoms with Crippen LogP contribution in [0.3, 0.4) is 0 Å². The molecule has 0 aliphatic heterocycles. The van der Waals surface area contributed by atoms with E-state index in [0.29, 0.717) is 10.8 Å². The standard InChI is InChI=1S/C13H17ClN2O2/c1-8(2)15-16-13(17)10(4)18-12-6-5-11(14)7-9(12)3/h5-7,10H,1-4H3,(H,16,17)/t10-/m0/s1. The third-order valence-corrected chi connectivity index (χ3v) is 2.43. The highest BCUT2D eigenvalue weighted by atomic mass is 35.5. The summed E-state index contributed by atoms with van der Waals surface area (Å²) in [5.74, 6) is 0.352. The summed E-state index contributed by atoms with van der Waals surface area (Å²) in [6, 6.07) is 5.26. The van der Waals surface area contributed by atoms with Crippen LogP contribution in [0.25, 0.3) is 0 Å². The Kier molecular flexibility index (Phi) is 5.16.